The maximum absolute atomic E-state index is 10.9. The van der Waals surface area contributed by atoms with Crippen LogP contribution in [0.2, 0.25) is 0 Å². The fourth-order valence-corrected chi connectivity index (χ4v) is 2.03. The molecule has 0 aromatic heterocycles. The third-order valence-electron chi connectivity index (χ3n) is 2.64. The van der Waals surface area contributed by atoms with E-state index < -0.39 is 0 Å². The highest BCUT2D eigenvalue weighted by Gasteiger charge is 2.32. The van der Waals surface area contributed by atoms with Crippen LogP contribution in [0.1, 0.15) is 59.3 Å². The van der Waals surface area contributed by atoms with Gasteiger partial charge in [-0.1, -0.05) is 33.1 Å². The lowest BCUT2D eigenvalue weighted by molar-refractivity contribution is -0.118. The predicted molar refractivity (Wildman–Crippen MR) is 57.8 cm³/mol. The number of Topliss-reactive ketones (excluding diaryl/α,β-unsaturated/α-hetero) is 1. The molecule has 1 fully saturated rings. The average Bonchev–Trinajstić information content (AvgIpc) is 2.21. The zero-order chi connectivity index (χ0) is 11.0. The van der Waals surface area contributed by atoms with E-state index in [0.717, 1.165) is 25.7 Å². The fraction of sp³-hybridized carbons (Fsp3) is 0.833. The van der Waals surface area contributed by atoms with E-state index in [1.54, 1.807) is 6.92 Å². The van der Waals surface area contributed by atoms with Gasteiger partial charge in [-0.25, -0.2) is 0 Å². The van der Waals surface area contributed by atoms with Gasteiger partial charge in [0.15, 0.2) is 0 Å². The zero-order valence-corrected chi connectivity index (χ0v) is 9.60. The van der Waals surface area contributed by atoms with Gasteiger partial charge < -0.3 is 0 Å². The van der Waals surface area contributed by atoms with Crippen molar-refractivity contribution >= 4 is 5.78 Å². The maximum Gasteiger partial charge on any atom is 0.131 e. The van der Waals surface area contributed by atoms with Gasteiger partial charge in [-0.2, -0.15) is 5.26 Å². The van der Waals surface area contributed by atoms with Crippen LogP contribution in [0.4, 0.5) is 0 Å². The molecule has 1 aliphatic carbocycles. The first kappa shape index (κ1) is 13.2. The Morgan fingerprint density at radius 2 is 1.79 bits per heavy atom. The van der Waals surface area contributed by atoms with E-state index in [1.807, 2.05) is 13.8 Å². The number of nitrogens with zero attached hydrogens (tertiary/aromatic N) is 1. The summed E-state index contributed by atoms with van der Waals surface area (Å²) in [6.07, 6.45) is 5.75. The lowest BCUT2D eigenvalue weighted by Crippen LogP contribution is -2.24. The van der Waals surface area contributed by atoms with Crippen LogP contribution < -0.4 is 0 Å². The van der Waals surface area contributed by atoms with Gasteiger partial charge in [-0.15, -0.1) is 0 Å². The molecule has 1 saturated carbocycles. The molecule has 0 bridgehead atoms. The lowest BCUT2D eigenvalue weighted by atomic mass is 9.72. The molecule has 1 aliphatic rings. The molecule has 2 nitrogen and oxygen atoms in total. The topological polar surface area (TPSA) is 40.9 Å². The van der Waals surface area contributed by atoms with Gasteiger partial charge in [0.25, 0.3) is 0 Å². The van der Waals surface area contributed by atoms with Gasteiger partial charge in [-0.3, -0.25) is 4.79 Å². The van der Waals surface area contributed by atoms with Gasteiger partial charge in [0.2, 0.25) is 0 Å². The van der Waals surface area contributed by atoms with E-state index in [9.17, 15) is 4.79 Å². The first-order valence-electron chi connectivity index (χ1n) is 5.59. The predicted octanol–water partition coefficient (Wildman–Crippen LogP) is 3.47. The summed E-state index contributed by atoms with van der Waals surface area (Å²) < 4.78 is 0. The number of nitriles is 1. The van der Waals surface area contributed by atoms with Gasteiger partial charge >= 0.3 is 0 Å². The van der Waals surface area contributed by atoms with Crippen LogP contribution in [-0.4, -0.2) is 5.78 Å². The number of ketones is 1. The quantitative estimate of drug-likeness (QED) is 0.677. The minimum atomic E-state index is -0.302. The second kappa shape index (κ2) is 6.59. The van der Waals surface area contributed by atoms with Crippen LogP contribution in [0.5, 0.6) is 0 Å². The van der Waals surface area contributed by atoms with E-state index in [2.05, 4.69) is 6.07 Å². The molecule has 2 heteroatoms. The molecule has 0 atom stereocenters. The first-order valence-corrected chi connectivity index (χ1v) is 5.59. The molecular formula is C12H21NO. The third kappa shape index (κ3) is 3.91. The van der Waals surface area contributed by atoms with Crippen molar-refractivity contribution in [2.45, 2.75) is 59.3 Å². The fourth-order valence-electron chi connectivity index (χ4n) is 2.03. The van der Waals surface area contributed by atoms with Crippen molar-refractivity contribution in [2.24, 2.45) is 5.41 Å². The average molecular weight is 195 g/mol. The third-order valence-corrected chi connectivity index (χ3v) is 2.64. The number of hydrogen-bond acceptors (Lipinski definition) is 2. The van der Waals surface area contributed by atoms with Crippen molar-refractivity contribution in [3.8, 4) is 6.07 Å². The van der Waals surface area contributed by atoms with Crippen molar-refractivity contribution in [1.82, 2.24) is 0 Å². The second-order valence-electron chi connectivity index (χ2n) is 3.83. The Bertz CT molecular complexity index is 209. The molecule has 0 N–H and O–H groups in total. The van der Waals surface area contributed by atoms with Crippen LogP contribution in [0.25, 0.3) is 0 Å². The number of rotatable bonds is 2. The van der Waals surface area contributed by atoms with E-state index in [0.29, 0.717) is 6.42 Å². The van der Waals surface area contributed by atoms with E-state index in [-0.39, 0.29) is 11.2 Å². The molecule has 80 valence electrons. The SMILES string of the molecule is CC.CC(=O)CC1(C#N)CCCCC1. The number of carbonyl (C=O) groups is 1. The Labute approximate surface area is 87.3 Å². The zero-order valence-electron chi connectivity index (χ0n) is 9.60. The maximum atomic E-state index is 10.9. The molecule has 0 spiro atoms. The summed E-state index contributed by atoms with van der Waals surface area (Å²) in [6.45, 7) is 5.58. The summed E-state index contributed by atoms with van der Waals surface area (Å²) >= 11 is 0. The van der Waals surface area contributed by atoms with Gasteiger partial charge in [-0.05, 0) is 19.8 Å². The number of hydrogen-bond donors (Lipinski definition) is 0. The van der Waals surface area contributed by atoms with Gasteiger partial charge in [0.05, 0.1) is 11.5 Å². The van der Waals surface area contributed by atoms with Crippen LogP contribution in [-0.2, 0) is 4.79 Å². The normalized spacial score (nSPS) is 18.7. The summed E-state index contributed by atoms with van der Waals surface area (Å²) in [5.74, 6) is 0.151. The van der Waals surface area contributed by atoms with Crippen molar-refractivity contribution in [2.75, 3.05) is 0 Å². The Hall–Kier alpha value is -0.840. The minimum absolute atomic E-state index is 0.151. The van der Waals surface area contributed by atoms with Crippen LogP contribution in [0, 0.1) is 16.7 Å². The second-order valence-corrected chi connectivity index (χ2v) is 3.83. The van der Waals surface area contributed by atoms with Crippen molar-refractivity contribution in [3.05, 3.63) is 0 Å². The van der Waals surface area contributed by atoms with Crippen LogP contribution >= 0.6 is 0 Å². The van der Waals surface area contributed by atoms with Crippen molar-refractivity contribution in [3.63, 3.8) is 0 Å². The van der Waals surface area contributed by atoms with Crippen molar-refractivity contribution < 1.29 is 4.79 Å². The first-order chi connectivity index (χ1) is 6.68. The summed E-state index contributed by atoms with van der Waals surface area (Å²) in [7, 11) is 0. The smallest absolute Gasteiger partial charge is 0.131 e. The van der Waals surface area contributed by atoms with E-state index in [4.69, 9.17) is 5.26 Å². The summed E-state index contributed by atoms with van der Waals surface area (Å²) in [6, 6.07) is 2.33. The molecule has 0 aromatic carbocycles. The molecule has 0 aromatic rings. The monoisotopic (exact) mass is 195 g/mol. The number of carbonyl (C=O) groups excluding carboxylic acids is 1. The standard InChI is InChI=1S/C10H15NO.C2H6/c1-9(12)7-10(8-11)5-3-2-4-6-10;1-2/h2-7H2,1H3;1-2H3. The lowest BCUT2D eigenvalue weighted by Gasteiger charge is -2.29. The highest BCUT2D eigenvalue weighted by Crippen LogP contribution is 2.38. The molecule has 14 heavy (non-hydrogen) atoms. The summed E-state index contributed by atoms with van der Waals surface area (Å²) in [5.41, 5.74) is -0.302. The van der Waals surface area contributed by atoms with Gasteiger partial charge in [0.1, 0.15) is 5.78 Å². The Balaban J connectivity index is 0.000000791. The van der Waals surface area contributed by atoms with E-state index >= 15 is 0 Å². The Morgan fingerprint density at radius 1 is 1.29 bits per heavy atom. The largest absolute Gasteiger partial charge is 0.300 e. The van der Waals surface area contributed by atoms with E-state index in [1.165, 1.54) is 6.42 Å². The molecule has 0 unspecified atom stereocenters. The van der Waals surface area contributed by atoms with Crippen LogP contribution in [0.15, 0.2) is 0 Å². The highest BCUT2D eigenvalue weighted by molar-refractivity contribution is 5.76. The molecule has 0 heterocycles. The Morgan fingerprint density at radius 3 is 2.14 bits per heavy atom. The molecular weight excluding hydrogens is 174 g/mol. The Kier molecular flexibility index (Phi) is 6.19. The molecule has 1 rings (SSSR count). The highest BCUT2D eigenvalue weighted by atomic mass is 16.1. The summed E-state index contributed by atoms with van der Waals surface area (Å²) in [4.78, 5) is 10.9. The van der Waals surface area contributed by atoms with Gasteiger partial charge in [0, 0.05) is 6.42 Å². The summed E-state index contributed by atoms with van der Waals surface area (Å²) in [5, 5.41) is 8.99. The molecule has 0 amide bonds. The minimum Gasteiger partial charge on any atom is -0.300 e. The van der Waals surface area contributed by atoms with Crippen LogP contribution in [0.3, 0.4) is 0 Å². The molecule has 0 saturated heterocycles. The van der Waals surface area contributed by atoms with Crippen molar-refractivity contribution in [1.29, 1.82) is 5.26 Å². The molecule has 0 aliphatic heterocycles. The molecule has 0 radical (unpaired) electrons.